The number of benzene rings is 1. The van der Waals surface area contributed by atoms with Crippen LogP contribution in [0, 0.1) is 13.8 Å². The smallest absolute Gasteiger partial charge is 0.348 e. The second kappa shape index (κ2) is 6.80. The Balaban J connectivity index is 2.02. The van der Waals surface area contributed by atoms with Gasteiger partial charge in [-0.3, -0.25) is 9.36 Å². The zero-order chi connectivity index (χ0) is 18.1. The van der Waals surface area contributed by atoms with E-state index >= 15 is 0 Å². The van der Waals surface area contributed by atoms with Crippen molar-refractivity contribution < 1.29 is 9.53 Å². The first-order valence-electron chi connectivity index (χ1n) is 8.12. The Hall–Kier alpha value is -2.47. The molecule has 0 N–H and O–H groups in total. The van der Waals surface area contributed by atoms with Gasteiger partial charge in [-0.1, -0.05) is 29.8 Å². The minimum absolute atomic E-state index is 0.136. The normalized spacial score (nSPS) is 11.2. The van der Waals surface area contributed by atoms with E-state index in [9.17, 15) is 9.59 Å². The lowest BCUT2D eigenvalue weighted by atomic mass is 10.1. The lowest BCUT2D eigenvalue weighted by Gasteiger charge is -2.07. The summed E-state index contributed by atoms with van der Waals surface area (Å²) < 4.78 is 6.83. The molecular formula is C19H20N2O3S. The first kappa shape index (κ1) is 17.4. The number of aromatic nitrogens is 2. The van der Waals surface area contributed by atoms with E-state index < -0.39 is 5.97 Å². The topological polar surface area (TPSA) is 61.2 Å². The third kappa shape index (κ3) is 3.49. The van der Waals surface area contributed by atoms with Gasteiger partial charge in [0.15, 0.2) is 0 Å². The van der Waals surface area contributed by atoms with Crippen LogP contribution in [0.2, 0.25) is 0 Å². The van der Waals surface area contributed by atoms with Crippen molar-refractivity contribution in [2.45, 2.75) is 40.3 Å². The molecule has 5 nitrogen and oxygen atoms in total. The fraction of sp³-hybridized carbons (Fsp3) is 0.316. The summed E-state index contributed by atoms with van der Waals surface area (Å²) in [7, 11) is 0. The average molecular weight is 356 g/mol. The van der Waals surface area contributed by atoms with Gasteiger partial charge in [-0.25, -0.2) is 9.78 Å². The first-order chi connectivity index (χ1) is 11.9. The van der Waals surface area contributed by atoms with E-state index in [0.29, 0.717) is 27.2 Å². The third-order valence-corrected chi connectivity index (χ3v) is 5.10. The summed E-state index contributed by atoms with van der Waals surface area (Å²) in [4.78, 5) is 30.5. The van der Waals surface area contributed by atoms with Crippen LogP contribution in [0.1, 0.15) is 40.2 Å². The maximum absolute atomic E-state index is 12.9. The molecule has 0 aliphatic heterocycles. The number of hydrogen-bond donors (Lipinski definition) is 0. The lowest BCUT2D eigenvalue weighted by molar-refractivity contribution is 0.0383. The van der Waals surface area contributed by atoms with E-state index in [1.807, 2.05) is 31.2 Å². The van der Waals surface area contributed by atoms with Crippen LogP contribution in [0.4, 0.5) is 0 Å². The van der Waals surface area contributed by atoms with Gasteiger partial charge in [-0.15, -0.1) is 11.3 Å². The molecule has 0 unspecified atom stereocenters. The van der Waals surface area contributed by atoms with Gasteiger partial charge in [0.25, 0.3) is 5.56 Å². The Labute approximate surface area is 149 Å². The molecule has 1 aromatic carbocycles. The Morgan fingerprint density at radius 2 is 1.92 bits per heavy atom. The minimum Gasteiger partial charge on any atom is -0.459 e. The Morgan fingerprint density at radius 3 is 2.56 bits per heavy atom. The molecule has 0 aliphatic carbocycles. The van der Waals surface area contributed by atoms with Gasteiger partial charge in [-0.2, -0.15) is 0 Å². The van der Waals surface area contributed by atoms with E-state index in [4.69, 9.17) is 4.74 Å². The van der Waals surface area contributed by atoms with E-state index in [-0.39, 0.29) is 11.7 Å². The monoisotopic (exact) mass is 356 g/mol. The molecule has 130 valence electrons. The SMILES string of the molecule is Cc1ccc(Cn2cnc3sc(C(=O)OC(C)C)c(C)c3c2=O)cc1. The predicted octanol–water partition coefficient (Wildman–Crippen LogP) is 3.69. The summed E-state index contributed by atoms with van der Waals surface area (Å²) in [5.74, 6) is -0.403. The fourth-order valence-electron chi connectivity index (χ4n) is 2.62. The number of rotatable bonds is 4. The molecule has 0 amide bonds. The van der Waals surface area contributed by atoms with Crippen LogP contribution in [-0.2, 0) is 11.3 Å². The van der Waals surface area contributed by atoms with Crippen molar-refractivity contribution in [3.63, 3.8) is 0 Å². The van der Waals surface area contributed by atoms with Gasteiger partial charge in [0.2, 0.25) is 0 Å². The third-order valence-electron chi connectivity index (χ3n) is 3.92. The zero-order valence-corrected chi connectivity index (χ0v) is 15.5. The van der Waals surface area contributed by atoms with Crippen molar-refractivity contribution in [2.75, 3.05) is 0 Å². The van der Waals surface area contributed by atoms with E-state index in [1.165, 1.54) is 23.2 Å². The van der Waals surface area contributed by atoms with E-state index in [2.05, 4.69) is 4.98 Å². The van der Waals surface area contributed by atoms with Crippen LogP contribution in [-0.4, -0.2) is 21.6 Å². The maximum Gasteiger partial charge on any atom is 0.348 e. The molecule has 3 rings (SSSR count). The van der Waals surface area contributed by atoms with Crippen molar-refractivity contribution >= 4 is 27.5 Å². The molecular weight excluding hydrogens is 336 g/mol. The number of esters is 1. The van der Waals surface area contributed by atoms with Gasteiger partial charge in [0, 0.05) is 0 Å². The molecule has 0 spiro atoms. The number of aryl methyl sites for hydroxylation is 2. The van der Waals surface area contributed by atoms with Gasteiger partial charge < -0.3 is 4.74 Å². The van der Waals surface area contributed by atoms with E-state index in [1.54, 1.807) is 25.3 Å². The molecule has 2 aromatic heterocycles. The standard InChI is InChI=1S/C19H20N2O3S/c1-11(2)24-19(23)16-13(4)15-17(25-16)20-10-21(18(15)22)9-14-7-5-12(3)6-8-14/h5-8,10-11H,9H2,1-4H3. The van der Waals surface area contributed by atoms with Crippen molar-refractivity contribution in [1.82, 2.24) is 9.55 Å². The number of fused-ring (bicyclic) bond motifs is 1. The highest BCUT2D eigenvalue weighted by Gasteiger charge is 2.21. The van der Waals surface area contributed by atoms with Gasteiger partial charge in [-0.05, 0) is 38.8 Å². The van der Waals surface area contributed by atoms with Crippen LogP contribution < -0.4 is 5.56 Å². The van der Waals surface area contributed by atoms with Crippen LogP contribution >= 0.6 is 11.3 Å². The molecule has 0 saturated heterocycles. The Kier molecular flexibility index (Phi) is 4.72. The maximum atomic E-state index is 12.9. The van der Waals surface area contributed by atoms with Crippen LogP contribution in [0.3, 0.4) is 0 Å². The highest BCUT2D eigenvalue weighted by molar-refractivity contribution is 7.20. The minimum atomic E-state index is -0.403. The Morgan fingerprint density at radius 1 is 1.24 bits per heavy atom. The second-order valence-corrected chi connectivity index (χ2v) is 7.35. The highest BCUT2D eigenvalue weighted by Crippen LogP contribution is 2.27. The summed E-state index contributed by atoms with van der Waals surface area (Å²) in [5.41, 5.74) is 2.71. The molecule has 25 heavy (non-hydrogen) atoms. The average Bonchev–Trinajstić information content (AvgIpc) is 2.89. The molecule has 2 heterocycles. The van der Waals surface area contributed by atoms with Crippen molar-refractivity contribution in [3.05, 3.63) is 62.5 Å². The Bertz CT molecular complexity index is 984. The molecule has 0 radical (unpaired) electrons. The van der Waals surface area contributed by atoms with Crippen LogP contribution in [0.5, 0.6) is 0 Å². The van der Waals surface area contributed by atoms with E-state index in [0.717, 1.165) is 5.56 Å². The van der Waals surface area contributed by atoms with Crippen molar-refractivity contribution in [2.24, 2.45) is 0 Å². The summed E-state index contributed by atoms with van der Waals surface area (Å²) >= 11 is 1.21. The van der Waals surface area contributed by atoms with Gasteiger partial charge in [0.1, 0.15) is 9.71 Å². The van der Waals surface area contributed by atoms with Crippen LogP contribution in [0.15, 0.2) is 35.4 Å². The number of carbonyl (C=O) groups is 1. The van der Waals surface area contributed by atoms with Crippen LogP contribution in [0.25, 0.3) is 10.2 Å². The molecule has 0 saturated carbocycles. The molecule has 6 heteroatoms. The zero-order valence-electron chi connectivity index (χ0n) is 14.7. The van der Waals surface area contributed by atoms with Gasteiger partial charge >= 0.3 is 5.97 Å². The number of ether oxygens (including phenoxy) is 1. The molecule has 0 atom stereocenters. The lowest BCUT2D eigenvalue weighted by Crippen LogP contribution is -2.21. The number of thiophene rings is 1. The predicted molar refractivity (Wildman–Crippen MR) is 99.4 cm³/mol. The molecule has 0 fully saturated rings. The quantitative estimate of drug-likeness (QED) is 0.669. The first-order valence-corrected chi connectivity index (χ1v) is 8.93. The van der Waals surface area contributed by atoms with Gasteiger partial charge in [0.05, 0.1) is 24.4 Å². The number of nitrogens with zero attached hydrogens (tertiary/aromatic N) is 2. The molecule has 0 bridgehead atoms. The molecule has 0 aliphatic rings. The van der Waals surface area contributed by atoms with Crippen molar-refractivity contribution in [1.29, 1.82) is 0 Å². The summed E-state index contributed by atoms with van der Waals surface area (Å²) in [6, 6.07) is 8.03. The second-order valence-electron chi connectivity index (χ2n) is 6.35. The fourth-order valence-corrected chi connectivity index (χ4v) is 3.65. The highest BCUT2D eigenvalue weighted by atomic mass is 32.1. The largest absolute Gasteiger partial charge is 0.459 e. The summed E-state index contributed by atoms with van der Waals surface area (Å²) in [6.45, 7) is 7.84. The number of carbonyl (C=O) groups excluding carboxylic acids is 1. The summed E-state index contributed by atoms with van der Waals surface area (Å²) in [5, 5.41) is 0.496. The van der Waals surface area contributed by atoms with Crippen molar-refractivity contribution in [3.8, 4) is 0 Å². The number of hydrogen-bond acceptors (Lipinski definition) is 5. The molecule has 3 aromatic rings. The summed E-state index contributed by atoms with van der Waals surface area (Å²) in [6.07, 6.45) is 1.33.